The number of aliphatic hydroxyl groups excluding tert-OH is 1. The maximum atomic E-state index is 10.5. The molecule has 16 heavy (non-hydrogen) atoms. The van der Waals surface area contributed by atoms with Gasteiger partial charge in [0.2, 0.25) is 0 Å². The lowest BCUT2D eigenvalue weighted by Gasteiger charge is -2.26. The molecule has 0 aliphatic carbocycles. The molecule has 0 radical (unpaired) electrons. The minimum atomic E-state index is -0.484. The monoisotopic (exact) mass is 225 g/mol. The molecule has 0 bridgehead atoms. The lowest BCUT2D eigenvalue weighted by Crippen LogP contribution is -2.34. The van der Waals surface area contributed by atoms with Gasteiger partial charge in [-0.1, -0.05) is 0 Å². The molecule has 6 nitrogen and oxygen atoms in total. The van der Waals surface area contributed by atoms with Gasteiger partial charge < -0.3 is 10.0 Å². The van der Waals surface area contributed by atoms with Gasteiger partial charge in [-0.3, -0.25) is 10.1 Å². The van der Waals surface area contributed by atoms with Crippen LogP contribution in [0.25, 0.3) is 0 Å². The summed E-state index contributed by atoms with van der Waals surface area (Å²) >= 11 is 0. The van der Waals surface area contributed by atoms with Gasteiger partial charge in [0, 0.05) is 18.7 Å². The van der Waals surface area contributed by atoms with Crippen LogP contribution in [-0.2, 0) is 0 Å². The van der Waals surface area contributed by atoms with Crippen molar-refractivity contribution in [1.82, 2.24) is 4.98 Å². The molecule has 1 N–H and O–H groups in total. The Morgan fingerprint density at radius 1 is 1.56 bits per heavy atom. The van der Waals surface area contributed by atoms with E-state index in [-0.39, 0.29) is 18.3 Å². The summed E-state index contributed by atoms with van der Waals surface area (Å²) in [6.45, 7) is 4.43. The average Bonchev–Trinajstić information content (AvgIpc) is 2.25. The number of pyridine rings is 1. The maximum Gasteiger partial charge on any atom is 0.287 e. The highest BCUT2D eigenvalue weighted by Crippen LogP contribution is 2.17. The molecule has 0 aromatic carbocycles. The first-order valence-electron chi connectivity index (χ1n) is 5.04. The zero-order valence-electron chi connectivity index (χ0n) is 9.33. The lowest BCUT2D eigenvalue weighted by atomic mass is 10.3. The summed E-state index contributed by atoms with van der Waals surface area (Å²) in [5, 5.41) is 19.4. The zero-order valence-corrected chi connectivity index (χ0v) is 9.33. The summed E-state index contributed by atoms with van der Waals surface area (Å²) in [7, 11) is 0. The average molecular weight is 225 g/mol. The number of aliphatic hydroxyl groups is 1. The first kappa shape index (κ1) is 12.4. The van der Waals surface area contributed by atoms with Gasteiger partial charge in [0.25, 0.3) is 5.69 Å². The molecule has 0 aliphatic heterocycles. The van der Waals surface area contributed by atoms with Crippen molar-refractivity contribution in [3.8, 4) is 0 Å². The smallest absolute Gasteiger partial charge is 0.287 e. The highest BCUT2D eigenvalue weighted by atomic mass is 16.6. The first-order chi connectivity index (χ1) is 7.56. The predicted molar refractivity (Wildman–Crippen MR) is 60.5 cm³/mol. The van der Waals surface area contributed by atoms with E-state index in [2.05, 4.69) is 4.98 Å². The fourth-order valence-corrected chi connectivity index (χ4v) is 1.40. The second kappa shape index (κ2) is 5.41. The van der Waals surface area contributed by atoms with Crippen molar-refractivity contribution in [1.29, 1.82) is 0 Å². The molecule has 88 valence electrons. The van der Waals surface area contributed by atoms with Gasteiger partial charge in [0.05, 0.1) is 11.5 Å². The van der Waals surface area contributed by atoms with Crippen LogP contribution in [0.4, 0.5) is 11.5 Å². The number of nitrogens with zero attached hydrogens (tertiary/aromatic N) is 3. The van der Waals surface area contributed by atoms with Gasteiger partial charge in [-0.15, -0.1) is 0 Å². The third-order valence-corrected chi connectivity index (χ3v) is 2.20. The van der Waals surface area contributed by atoms with Crippen molar-refractivity contribution in [2.24, 2.45) is 0 Å². The molecular weight excluding hydrogens is 210 g/mol. The van der Waals surface area contributed by atoms with Gasteiger partial charge >= 0.3 is 0 Å². The van der Waals surface area contributed by atoms with E-state index in [0.717, 1.165) is 0 Å². The molecule has 0 atom stereocenters. The standard InChI is InChI=1S/C10H15N3O3/c1-8(2)12(5-6-14)10-4-3-9(7-11-10)13(15)16/h3-4,7-8,14H,5-6H2,1-2H3. The van der Waals surface area contributed by atoms with Crippen LogP contribution in [0.5, 0.6) is 0 Å². The summed E-state index contributed by atoms with van der Waals surface area (Å²) in [6.07, 6.45) is 1.22. The highest BCUT2D eigenvalue weighted by molar-refractivity contribution is 5.43. The molecule has 0 spiro atoms. The van der Waals surface area contributed by atoms with Crippen LogP contribution < -0.4 is 4.90 Å². The molecule has 1 heterocycles. The predicted octanol–water partition coefficient (Wildman–Crippen LogP) is 1.20. The van der Waals surface area contributed by atoms with Crippen LogP contribution in [-0.4, -0.2) is 34.2 Å². The molecule has 0 fully saturated rings. The van der Waals surface area contributed by atoms with Gasteiger partial charge in [-0.2, -0.15) is 0 Å². The summed E-state index contributed by atoms with van der Waals surface area (Å²) in [4.78, 5) is 15.9. The van der Waals surface area contributed by atoms with Gasteiger partial charge in [0.15, 0.2) is 0 Å². The van der Waals surface area contributed by atoms with Crippen molar-refractivity contribution in [2.45, 2.75) is 19.9 Å². The Morgan fingerprint density at radius 2 is 2.25 bits per heavy atom. The van der Waals surface area contributed by atoms with E-state index >= 15 is 0 Å². The van der Waals surface area contributed by atoms with Crippen LogP contribution in [0.3, 0.4) is 0 Å². The second-order valence-electron chi connectivity index (χ2n) is 3.64. The van der Waals surface area contributed by atoms with E-state index in [1.165, 1.54) is 12.3 Å². The first-order valence-corrected chi connectivity index (χ1v) is 5.04. The Hall–Kier alpha value is -1.69. The molecule has 1 rings (SSSR count). The molecule has 0 saturated carbocycles. The third-order valence-electron chi connectivity index (χ3n) is 2.20. The van der Waals surface area contributed by atoms with E-state index in [0.29, 0.717) is 12.4 Å². The molecule has 1 aromatic heterocycles. The normalized spacial score (nSPS) is 10.5. The van der Waals surface area contributed by atoms with E-state index in [1.807, 2.05) is 18.7 Å². The summed E-state index contributed by atoms with van der Waals surface area (Å²) in [5.41, 5.74) is -0.0311. The van der Waals surface area contributed by atoms with Gasteiger partial charge in [0.1, 0.15) is 12.0 Å². The Bertz CT molecular complexity index is 351. The fraction of sp³-hybridized carbons (Fsp3) is 0.500. The van der Waals surface area contributed by atoms with Crippen LogP contribution in [0.15, 0.2) is 18.3 Å². The Morgan fingerprint density at radius 3 is 2.62 bits per heavy atom. The van der Waals surface area contributed by atoms with Gasteiger partial charge in [-0.25, -0.2) is 4.98 Å². The number of anilines is 1. The summed E-state index contributed by atoms with van der Waals surface area (Å²) < 4.78 is 0. The Balaban J connectivity index is 2.89. The number of aromatic nitrogens is 1. The van der Waals surface area contributed by atoms with E-state index < -0.39 is 4.92 Å². The molecule has 0 saturated heterocycles. The highest BCUT2D eigenvalue weighted by Gasteiger charge is 2.13. The Kier molecular flexibility index (Phi) is 4.19. The van der Waals surface area contributed by atoms with Crippen LogP contribution in [0, 0.1) is 10.1 Å². The summed E-state index contributed by atoms with van der Waals surface area (Å²) in [5.74, 6) is 0.634. The number of hydrogen-bond donors (Lipinski definition) is 1. The van der Waals surface area contributed by atoms with E-state index in [9.17, 15) is 10.1 Å². The fourth-order valence-electron chi connectivity index (χ4n) is 1.40. The SMILES string of the molecule is CC(C)N(CCO)c1ccc([N+](=O)[O-])cn1. The minimum Gasteiger partial charge on any atom is -0.395 e. The van der Waals surface area contributed by atoms with Crippen LogP contribution >= 0.6 is 0 Å². The number of rotatable bonds is 5. The van der Waals surface area contributed by atoms with Crippen molar-refractivity contribution < 1.29 is 10.0 Å². The lowest BCUT2D eigenvalue weighted by molar-refractivity contribution is -0.385. The third kappa shape index (κ3) is 2.90. The van der Waals surface area contributed by atoms with Gasteiger partial charge in [-0.05, 0) is 19.9 Å². The molecule has 1 aromatic rings. The zero-order chi connectivity index (χ0) is 12.1. The van der Waals surface area contributed by atoms with Crippen LogP contribution in [0.2, 0.25) is 0 Å². The van der Waals surface area contributed by atoms with Crippen molar-refractivity contribution in [2.75, 3.05) is 18.1 Å². The van der Waals surface area contributed by atoms with Crippen molar-refractivity contribution >= 4 is 11.5 Å². The molecule has 0 unspecified atom stereocenters. The van der Waals surface area contributed by atoms with Crippen molar-refractivity contribution in [3.05, 3.63) is 28.4 Å². The molecule has 0 amide bonds. The summed E-state index contributed by atoms with van der Waals surface area (Å²) in [6, 6.07) is 3.18. The quantitative estimate of drug-likeness (QED) is 0.601. The topological polar surface area (TPSA) is 79.5 Å². The minimum absolute atomic E-state index is 0.0247. The van der Waals surface area contributed by atoms with Crippen LogP contribution in [0.1, 0.15) is 13.8 Å². The Labute approximate surface area is 93.7 Å². The second-order valence-corrected chi connectivity index (χ2v) is 3.64. The van der Waals surface area contributed by atoms with Crippen molar-refractivity contribution in [3.63, 3.8) is 0 Å². The molecule has 0 aliphatic rings. The number of hydrogen-bond acceptors (Lipinski definition) is 5. The molecule has 6 heteroatoms. The maximum absolute atomic E-state index is 10.5. The number of nitro groups is 1. The van der Waals surface area contributed by atoms with E-state index in [1.54, 1.807) is 6.07 Å². The molecular formula is C10H15N3O3. The largest absolute Gasteiger partial charge is 0.395 e. The van der Waals surface area contributed by atoms with E-state index in [4.69, 9.17) is 5.11 Å².